The van der Waals surface area contributed by atoms with Gasteiger partial charge in [-0.1, -0.05) is 12.1 Å². The van der Waals surface area contributed by atoms with E-state index in [9.17, 15) is 14.9 Å². The Bertz CT molecular complexity index is 1470. The summed E-state index contributed by atoms with van der Waals surface area (Å²) in [4.78, 5) is 35.9. The third-order valence-electron chi connectivity index (χ3n) is 7.10. The second kappa shape index (κ2) is 9.22. The fraction of sp³-hybridized carbons (Fsp3) is 0.259. The van der Waals surface area contributed by atoms with E-state index < -0.39 is 0 Å². The van der Waals surface area contributed by atoms with E-state index in [1.807, 2.05) is 68.4 Å². The van der Waals surface area contributed by atoms with E-state index in [1.165, 1.54) is 11.3 Å². The van der Waals surface area contributed by atoms with Crippen molar-refractivity contribution in [1.82, 2.24) is 24.3 Å². The number of nitrogens with zero attached hydrogens (tertiary/aromatic N) is 6. The summed E-state index contributed by atoms with van der Waals surface area (Å²) in [5.74, 6) is 0.0475. The van der Waals surface area contributed by atoms with Crippen molar-refractivity contribution in [3.63, 3.8) is 0 Å². The maximum Gasteiger partial charge on any atom is 0.282 e. The molecule has 2 aliphatic heterocycles. The van der Waals surface area contributed by atoms with Crippen LogP contribution in [0.5, 0.6) is 0 Å². The predicted molar refractivity (Wildman–Crippen MR) is 137 cm³/mol. The zero-order valence-corrected chi connectivity index (χ0v) is 20.4. The lowest BCUT2D eigenvalue weighted by Crippen LogP contribution is -2.64. The van der Waals surface area contributed by atoms with Crippen molar-refractivity contribution in [2.24, 2.45) is 0 Å². The number of para-hydroxylation sites is 1. The Morgan fingerprint density at radius 3 is 2.53 bits per heavy atom. The van der Waals surface area contributed by atoms with Crippen molar-refractivity contribution in [2.75, 3.05) is 39.3 Å². The number of carbonyl (C=O) groups is 2. The second-order valence-corrected chi connectivity index (χ2v) is 10.0. The number of piperazine rings is 1. The number of fused-ring (bicyclic) bond motifs is 1. The molecule has 0 radical (unpaired) electrons. The van der Waals surface area contributed by atoms with E-state index in [0.29, 0.717) is 48.4 Å². The average Bonchev–Trinajstić information content (AvgIpc) is 3.58. The molecule has 8 nitrogen and oxygen atoms in total. The van der Waals surface area contributed by atoms with Gasteiger partial charge in [0.1, 0.15) is 6.07 Å². The van der Waals surface area contributed by atoms with Gasteiger partial charge in [0.05, 0.1) is 16.8 Å². The first-order chi connectivity index (χ1) is 17.6. The van der Waals surface area contributed by atoms with Gasteiger partial charge in [-0.3, -0.25) is 14.5 Å². The van der Waals surface area contributed by atoms with E-state index in [2.05, 4.69) is 16.0 Å². The topological polar surface area (TPSA) is 85.5 Å². The lowest BCUT2D eigenvalue weighted by atomic mass is 10.0. The van der Waals surface area contributed by atoms with Crippen molar-refractivity contribution in [2.45, 2.75) is 6.04 Å². The lowest BCUT2D eigenvalue weighted by Gasteiger charge is -2.48. The number of hydrogen-bond acceptors (Lipinski definition) is 6. The molecule has 0 aliphatic carbocycles. The van der Waals surface area contributed by atoms with Gasteiger partial charge >= 0.3 is 0 Å². The van der Waals surface area contributed by atoms with Crippen LogP contribution in [0, 0.1) is 11.3 Å². The molecule has 0 spiro atoms. The SMILES string of the molecule is N#Cc1ccccc1-n1ccc2cc(C(=O)N3CC(N4CCN(C(=O)c5nccs5)CC4)C3)ccc21. The molecule has 9 heteroatoms. The van der Waals surface area contributed by atoms with E-state index in [4.69, 9.17) is 0 Å². The Morgan fingerprint density at radius 2 is 1.78 bits per heavy atom. The van der Waals surface area contributed by atoms with Crippen molar-refractivity contribution < 1.29 is 9.59 Å². The number of hydrogen-bond donors (Lipinski definition) is 0. The summed E-state index contributed by atoms with van der Waals surface area (Å²) >= 11 is 1.38. The first-order valence-electron chi connectivity index (χ1n) is 11.9. The summed E-state index contributed by atoms with van der Waals surface area (Å²) < 4.78 is 1.99. The molecule has 2 aromatic heterocycles. The van der Waals surface area contributed by atoms with Crippen LogP contribution < -0.4 is 0 Å². The number of carbonyl (C=O) groups excluding carboxylic acids is 2. The summed E-state index contributed by atoms with van der Waals surface area (Å²) in [6.07, 6.45) is 3.60. The Kier molecular flexibility index (Phi) is 5.76. The molecule has 2 saturated heterocycles. The maximum absolute atomic E-state index is 13.1. The maximum atomic E-state index is 13.1. The van der Waals surface area contributed by atoms with Crippen LogP contribution in [0.2, 0.25) is 0 Å². The highest BCUT2D eigenvalue weighted by Gasteiger charge is 2.37. The van der Waals surface area contributed by atoms with E-state index in [0.717, 1.165) is 29.7 Å². The van der Waals surface area contributed by atoms with Gasteiger partial charge < -0.3 is 14.4 Å². The minimum Gasteiger partial charge on any atom is -0.335 e. The van der Waals surface area contributed by atoms with Gasteiger partial charge in [0, 0.05) is 74.0 Å². The number of thiazole rings is 1. The number of aromatic nitrogens is 2. The number of amides is 2. The van der Waals surface area contributed by atoms with Crippen LogP contribution >= 0.6 is 11.3 Å². The highest BCUT2D eigenvalue weighted by Crippen LogP contribution is 2.26. The molecular formula is C27H24N6O2S. The minimum atomic E-state index is 0.00963. The number of likely N-dealkylation sites (tertiary alicyclic amines) is 1. The Hall–Kier alpha value is -4.00. The van der Waals surface area contributed by atoms with Gasteiger partial charge in [0.25, 0.3) is 11.8 Å². The summed E-state index contributed by atoms with van der Waals surface area (Å²) in [7, 11) is 0. The van der Waals surface area contributed by atoms with Crippen molar-refractivity contribution in [3.05, 3.63) is 82.4 Å². The molecule has 0 atom stereocenters. The molecule has 36 heavy (non-hydrogen) atoms. The van der Waals surface area contributed by atoms with Crippen LogP contribution in [-0.4, -0.2) is 81.4 Å². The molecular weight excluding hydrogens is 472 g/mol. The summed E-state index contributed by atoms with van der Waals surface area (Å²) in [6.45, 7) is 4.40. The lowest BCUT2D eigenvalue weighted by molar-refractivity contribution is 0.00854. The molecule has 2 aliphatic rings. The molecule has 2 aromatic carbocycles. The van der Waals surface area contributed by atoms with Crippen LogP contribution in [0.25, 0.3) is 16.6 Å². The molecule has 2 fully saturated rings. The van der Waals surface area contributed by atoms with Gasteiger partial charge in [-0.15, -0.1) is 11.3 Å². The van der Waals surface area contributed by atoms with Gasteiger partial charge in [-0.25, -0.2) is 4.98 Å². The van der Waals surface area contributed by atoms with Crippen LogP contribution in [0.1, 0.15) is 25.7 Å². The zero-order chi connectivity index (χ0) is 24.6. The van der Waals surface area contributed by atoms with Crippen LogP contribution in [0.3, 0.4) is 0 Å². The van der Waals surface area contributed by atoms with E-state index >= 15 is 0 Å². The Balaban J connectivity index is 1.08. The quantitative estimate of drug-likeness (QED) is 0.433. The van der Waals surface area contributed by atoms with Crippen molar-refractivity contribution in [3.8, 4) is 11.8 Å². The zero-order valence-electron chi connectivity index (χ0n) is 19.6. The molecule has 0 N–H and O–H groups in total. The first kappa shape index (κ1) is 22.5. The van der Waals surface area contributed by atoms with Gasteiger partial charge in [-0.05, 0) is 36.4 Å². The highest BCUT2D eigenvalue weighted by atomic mass is 32.1. The fourth-order valence-corrected chi connectivity index (χ4v) is 5.66. The molecule has 0 bridgehead atoms. The minimum absolute atomic E-state index is 0.00963. The van der Waals surface area contributed by atoms with E-state index in [-0.39, 0.29) is 11.8 Å². The molecule has 4 heterocycles. The standard InChI is InChI=1S/C27H24N6O2S/c28-16-21-3-1-2-4-23(21)33-9-7-19-15-20(5-6-24(19)33)26(34)32-17-22(18-32)30-10-12-31(13-11-30)27(35)25-29-8-14-36-25/h1-9,14-15,22H,10-13,17-18H2. The van der Waals surface area contributed by atoms with Gasteiger partial charge in [0.15, 0.2) is 5.01 Å². The number of nitriles is 1. The molecule has 180 valence electrons. The smallest absolute Gasteiger partial charge is 0.282 e. The normalized spacial score (nSPS) is 16.6. The Morgan fingerprint density at radius 1 is 0.972 bits per heavy atom. The van der Waals surface area contributed by atoms with Gasteiger partial charge in [-0.2, -0.15) is 5.26 Å². The highest BCUT2D eigenvalue weighted by molar-refractivity contribution is 7.11. The van der Waals surface area contributed by atoms with Gasteiger partial charge in [0.2, 0.25) is 0 Å². The van der Waals surface area contributed by atoms with Crippen LogP contribution in [-0.2, 0) is 0 Å². The molecule has 6 rings (SSSR count). The molecule has 2 amide bonds. The third-order valence-corrected chi connectivity index (χ3v) is 7.86. The molecule has 0 saturated carbocycles. The first-order valence-corrected chi connectivity index (χ1v) is 12.8. The summed E-state index contributed by atoms with van der Waals surface area (Å²) in [6, 6.07) is 17.8. The summed E-state index contributed by atoms with van der Waals surface area (Å²) in [5, 5.41) is 12.8. The Labute approximate surface area is 212 Å². The van der Waals surface area contributed by atoms with Crippen LogP contribution in [0.15, 0.2) is 66.3 Å². The predicted octanol–water partition coefficient (Wildman–Crippen LogP) is 3.24. The van der Waals surface area contributed by atoms with E-state index in [1.54, 1.807) is 12.3 Å². The third kappa shape index (κ3) is 3.94. The number of benzene rings is 2. The monoisotopic (exact) mass is 496 g/mol. The summed E-state index contributed by atoms with van der Waals surface area (Å²) in [5.41, 5.74) is 3.07. The fourth-order valence-electron chi connectivity index (χ4n) is 5.05. The van der Waals surface area contributed by atoms with Crippen molar-refractivity contribution in [1.29, 1.82) is 5.26 Å². The largest absolute Gasteiger partial charge is 0.335 e. The van der Waals surface area contributed by atoms with Crippen LogP contribution in [0.4, 0.5) is 0 Å². The second-order valence-electron chi connectivity index (χ2n) is 9.12. The number of rotatable bonds is 4. The molecule has 0 unspecified atom stereocenters. The average molecular weight is 497 g/mol. The molecule has 4 aromatic rings. The van der Waals surface area contributed by atoms with Crippen molar-refractivity contribution >= 4 is 34.1 Å².